The molecule has 2 bridgehead atoms. The van der Waals surface area contributed by atoms with Crippen LogP contribution in [0.5, 0.6) is 0 Å². The van der Waals surface area contributed by atoms with E-state index in [0.717, 1.165) is 30.1 Å². The normalized spacial score (nSPS) is 24.3. The molecule has 2 saturated heterocycles. The topological polar surface area (TPSA) is 61.4 Å². The average Bonchev–Trinajstić information content (AvgIpc) is 2.87. The van der Waals surface area contributed by atoms with Crippen LogP contribution in [0.3, 0.4) is 0 Å². The van der Waals surface area contributed by atoms with Gasteiger partial charge in [-0.1, -0.05) is 0 Å². The van der Waals surface area contributed by atoms with Gasteiger partial charge in [-0.15, -0.1) is 11.8 Å². The Balaban J connectivity index is 1.56. The molecule has 0 spiro atoms. The van der Waals surface area contributed by atoms with Crippen LogP contribution in [0.15, 0.2) is 29.2 Å². The van der Waals surface area contributed by atoms with Crippen molar-refractivity contribution in [2.75, 3.05) is 18.4 Å². The molecule has 1 aromatic rings. The number of fused-ring (bicyclic) bond motifs is 2. The molecule has 2 fully saturated rings. The third kappa shape index (κ3) is 4.30. The minimum absolute atomic E-state index is 0.0805. The first-order chi connectivity index (χ1) is 11.5. The van der Waals surface area contributed by atoms with Gasteiger partial charge in [-0.25, -0.2) is 0 Å². The minimum Gasteiger partial charge on any atom is -0.340 e. The Kier molecular flexibility index (Phi) is 5.46. The van der Waals surface area contributed by atoms with Crippen LogP contribution in [-0.2, 0) is 9.59 Å². The second-order valence-corrected chi connectivity index (χ2v) is 8.09. The van der Waals surface area contributed by atoms with Crippen molar-refractivity contribution in [3.8, 4) is 0 Å². The number of nitrogens with zero attached hydrogens (tertiary/aromatic N) is 1. The molecule has 3 unspecified atom stereocenters. The Morgan fingerprint density at radius 2 is 1.92 bits per heavy atom. The average molecular weight is 347 g/mol. The summed E-state index contributed by atoms with van der Waals surface area (Å²) in [5.74, 6) is 0.142. The summed E-state index contributed by atoms with van der Waals surface area (Å²) in [4.78, 5) is 26.9. The quantitative estimate of drug-likeness (QED) is 0.822. The highest BCUT2D eigenvalue weighted by molar-refractivity contribution is 8.00. The van der Waals surface area contributed by atoms with Crippen molar-refractivity contribution >= 4 is 29.3 Å². The van der Waals surface area contributed by atoms with Gasteiger partial charge in [0.05, 0.1) is 5.25 Å². The molecule has 130 valence electrons. The Hall–Kier alpha value is -1.53. The first kappa shape index (κ1) is 17.3. The van der Waals surface area contributed by atoms with E-state index in [2.05, 4.69) is 10.6 Å². The summed E-state index contributed by atoms with van der Waals surface area (Å²) in [5.41, 5.74) is 0.778. The van der Waals surface area contributed by atoms with E-state index in [4.69, 9.17) is 0 Å². The van der Waals surface area contributed by atoms with Crippen molar-refractivity contribution in [3.05, 3.63) is 24.3 Å². The van der Waals surface area contributed by atoms with Crippen molar-refractivity contribution in [2.45, 2.75) is 55.3 Å². The number of carbonyl (C=O) groups excluding carboxylic acids is 2. The second kappa shape index (κ2) is 7.57. The van der Waals surface area contributed by atoms with E-state index >= 15 is 0 Å². The zero-order valence-corrected chi connectivity index (χ0v) is 15.1. The molecule has 2 aliphatic heterocycles. The van der Waals surface area contributed by atoms with Gasteiger partial charge < -0.3 is 15.5 Å². The predicted octanol–water partition coefficient (Wildman–Crippen LogP) is 2.48. The molecule has 3 atom stereocenters. The summed E-state index contributed by atoms with van der Waals surface area (Å²) in [6.45, 7) is 5.17. The number of benzene rings is 1. The number of likely N-dealkylation sites (tertiary alicyclic amines) is 1. The molecule has 24 heavy (non-hydrogen) atoms. The van der Waals surface area contributed by atoms with E-state index in [9.17, 15) is 9.59 Å². The number of nitrogens with one attached hydrogen (secondary N) is 2. The van der Waals surface area contributed by atoms with Crippen LogP contribution >= 0.6 is 11.8 Å². The van der Waals surface area contributed by atoms with Crippen LogP contribution < -0.4 is 10.6 Å². The molecule has 2 amide bonds. The van der Waals surface area contributed by atoms with Gasteiger partial charge in [-0.05, 0) is 50.5 Å². The standard InChI is InChI=1S/C18H25N3O2S/c1-12(24-17-7-5-14(6-8-17)19-13(2)22)18(23)21-10-9-15-3-4-16(11-21)20-15/h5-8,12,15-16,20H,3-4,9-11H2,1-2H3,(H,19,22). The van der Waals surface area contributed by atoms with Gasteiger partial charge in [0.1, 0.15) is 0 Å². The smallest absolute Gasteiger partial charge is 0.235 e. The minimum atomic E-state index is -0.103. The number of amides is 2. The molecule has 6 heteroatoms. The maximum absolute atomic E-state index is 12.8. The van der Waals surface area contributed by atoms with E-state index in [-0.39, 0.29) is 17.1 Å². The third-order valence-corrected chi connectivity index (χ3v) is 5.77. The van der Waals surface area contributed by atoms with Crippen molar-refractivity contribution in [2.24, 2.45) is 0 Å². The fraction of sp³-hybridized carbons (Fsp3) is 0.556. The molecule has 5 nitrogen and oxygen atoms in total. The zero-order chi connectivity index (χ0) is 17.1. The fourth-order valence-electron chi connectivity index (χ4n) is 3.47. The van der Waals surface area contributed by atoms with Crippen LogP contribution in [0.2, 0.25) is 0 Å². The lowest BCUT2D eigenvalue weighted by atomic mass is 10.1. The van der Waals surface area contributed by atoms with Crippen molar-refractivity contribution in [1.29, 1.82) is 0 Å². The van der Waals surface area contributed by atoms with Crippen LogP contribution in [-0.4, -0.2) is 47.1 Å². The van der Waals surface area contributed by atoms with Crippen molar-refractivity contribution in [1.82, 2.24) is 10.2 Å². The SMILES string of the molecule is CC(=O)Nc1ccc(SC(C)C(=O)N2CCC3CCC(C2)N3)cc1. The molecular weight excluding hydrogens is 322 g/mol. The molecule has 1 aromatic carbocycles. The van der Waals surface area contributed by atoms with E-state index < -0.39 is 0 Å². The monoisotopic (exact) mass is 347 g/mol. The maximum atomic E-state index is 12.8. The molecule has 2 aliphatic rings. The highest BCUT2D eigenvalue weighted by Crippen LogP contribution is 2.27. The van der Waals surface area contributed by atoms with E-state index in [1.807, 2.05) is 36.1 Å². The largest absolute Gasteiger partial charge is 0.340 e. The second-order valence-electron chi connectivity index (χ2n) is 6.68. The zero-order valence-electron chi connectivity index (χ0n) is 14.2. The number of carbonyl (C=O) groups is 2. The highest BCUT2D eigenvalue weighted by Gasteiger charge is 2.32. The summed E-state index contributed by atoms with van der Waals surface area (Å²) >= 11 is 1.58. The van der Waals surface area contributed by atoms with Gasteiger partial charge in [0, 0.05) is 42.7 Å². The van der Waals surface area contributed by atoms with Crippen molar-refractivity contribution in [3.63, 3.8) is 0 Å². The van der Waals surface area contributed by atoms with Gasteiger partial charge in [0.15, 0.2) is 0 Å². The summed E-state index contributed by atoms with van der Waals surface area (Å²) in [6, 6.07) is 8.70. The third-order valence-electron chi connectivity index (χ3n) is 4.67. The van der Waals surface area contributed by atoms with Gasteiger partial charge in [0.2, 0.25) is 11.8 Å². The van der Waals surface area contributed by atoms with Crippen LogP contribution in [0.1, 0.15) is 33.1 Å². The Bertz CT molecular complexity index is 605. The Labute approximate surface area is 147 Å². The van der Waals surface area contributed by atoms with Crippen LogP contribution in [0, 0.1) is 0 Å². The van der Waals surface area contributed by atoms with Crippen LogP contribution in [0.4, 0.5) is 5.69 Å². The van der Waals surface area contributed by atoms with Crippen molar-refractivity contribution < 1.29 is 9.59 Å². The number of hydrogen-bond acceptors (Lipinski definition) is 4. The Morgan fingerprint density at radius 3 is 2.62 bits per heavy atom. The van der Waals surface area contributed by atoms with E-state index in [1.165, 1.54) is 19.8 Å². The van der Waals surface area contributed by atoms with Gasteiger partial charge in [-0.2, -0.15) is 0 Å². The highest BCUT2D eigenvalue weighted by atomic mass is 32.2. The summed E-state index contributed by atoms with van der Waals surface area (Å²) in [6.07, 6.45) is 3.49. The first-order valence-corrected chi connectivity index (χ1v) is 9.48. The summed E-state index contributed by atoms with van der Waals surface area (Å²) < 4.78 is 0. The number of anilines is 1. The predicted molar refractivity (Wildman–Crippen MR) is 97.2 cm³/mol. The number of thioether (sulfide) groups is 1. The lowest BCUT2D eigenvalue weighted by molar-refractivity contribution is -0.130. The van der Waals surface area contributed by atoms with Gasteiger partial charge >= 0.3 is 0 Å². The fourth-order valence-corrected chi connectivity index (χ4v) is 4.43. The van der Waals surface area contributed by atoms with Gasteiger partial charge in [0.25, 0.3) is 0 Å². The lowest BCUT2D eigenvalue weighted by Crippen LogP contribution is -2.42. The van der Waals surface area contributed by atoms with Gasteiger partial charge in [-0.3, -0.25) is 9.59 Å². The van der Waals surface area contributed by atoms with E-state index in [1.54, 1.807) is 11.8 Å². The van der Waals surface area contributed by atoms with Crippen LogP contribution in [0.25, 0.3) is 0 Å². The summed E-state index contributed by atoms with van der Waals surface area (Å²) in [5, 5.41) is 6.26. The first-order valence-electron chi connectivity index (χ1n) is 8.60. The molecule has 2 heterocycles. The molecule has 3 rings (SSSR count). The molecule has 0 radical (unpaired) electrons. The molecule has 0 aliphatic carbocycles. The molecule has 2 N–H and O–H groups in total. The molecule has 0 aromatic heterocycles. The summed E-state index contributed by atoms with van der Waals surface area (Å²) in [7, 11) is 0. The maximum Gasteiger partial charge on any atom is 0.235 e. The number of hydrogen-bond donors (Lipinski definition) is 2. The number of rotatable bonds is 4. The molecule has 0 saturated carbocycles. The Morgan fingerprint density at radius 1 is 1.21 bits per heavy atom. The van der Waals surface area contributed by atoms with E-state index in [0.29, 0.717) is 12.1 Å². The lowest BCUT2D eigenvalue weighted by Gasteiger charge is -2.27. The molecular formula is C18H25N3O2S.